The second kappa shape index (κ2) is 4.61. The summed E-state index contributed by atoms with van der Waals surface area (Å²) in [6, 6.07) is 1.70. The van der Waals surface area contributed by atoms with E-state index in [-0.39, 0.29) is 18.4 Å². The molecule has 2 rings (SSSR count). The first kappa shape index (κ1) is 11.1. The Bertz CT molecular complexity index is 436. The lowest BCUT2D eigenvalue weighted by Gasteiger charge is -2.26. The highest BCUT2D eigenvalue weighted by Crippen LogP contribution is 2.12. The Kier molecular flexibility index (Phi) is 3.19. The molecule has 1 aromatic rings. The smallest absolute Gasteiger partial charge is 0.255 e. The van der Waals surface area contributed by atoms with Gasteiger partial charge in [0.15, 0.2) is 0 Å². The van der Waals surface area contributed by atoms with Gasteiger partial charge in [-0.05, 0) is 22.0 Å². The normalized spacial score (nSPS) is 15.8. The maximum atomic E-state index is 12.0. The van der Waals surface area contributed by atoms with Gasteiger partial charge in [0.25, 0.3) is 5.91 Å². The maximum absolute atomic E-state index is 12.0. The van der Waals surface area contributed by atoms with Gasteiger partial charge < -0.3 is 10.2 Å². The molecule has 0 aromatic carbocycles. The van der Waals surface area contributed by atoms with E-state index in [0.717, 1.165) is 4.47 Å². The zero-order valence-electron chi connectivity index (χ0n) is 8.44. The standard InChI is InChI=1S/C10H10BrN3O2/c11-8-3-7(4-12-5-8)10(16)14-2-1-13-9(15)6-14/h3-5H,1-2,6H2,(H,13,15). The molecule has 6 heteroatoms. The third-order valence-corrected chi connectivity index (χ3v) is 2.71. The Morgan fingerprint density at radius 3 is 3.00 bits per heavy atom. The summed E-state index contributed by atoms with van der Waals surface area (Å²) in [5.41, 5.74) is 0.490. The van der Waals surface area contributed by atoms with Crippen molar-refractivity contribution in [2.24, 2.45) is 0 Å². The fourth-order valence-electron chi connectivity index (χ4n) is 1.52. The Hall–Kier alpha value is -1.43. The molecule has 84 valence electrons. The number of rotatable bonds is 1. The number of nitrogens with one attached hydrogen (secondary N) is 1. The quantitative estimate of drug-likeness (QED) is 0.812. The van der Waals surface area contributed by atoms with Gasteiger partial charge in [-0.15, -0.1) is 0 Å². The van der Waals surface area contributed by atoms with Crippen LogP contribution in [-0.2, 0) is 4.79 Å². The van der Waals surface area contributed by atoms with Crippen LogP contribution in [0, 0.1) is 0 Å². The molecule has 1 N–H and O–H groups in total. The molecule has 0 unspecified atom stereocenters. The predicted octanol–water partition coefficient (Wildman–Crippen LogP) is 0.416. The summed E-state index contributed by atoms with van der Waals surface area (Å²) >= 11 is 3.25. The largest absolute Gasteiger partial charge is 0.353 e. The Labute approximate surface area is 101 Å². The predicted molar refractivity (Wildman–Crippen MR) is 60.9 cm³/mol. The number of aromatic nitrogens is 1. The second-order valence-electron chi connectivity index (χ2n) is 3.47. The lowest BCUT2D eigenvalue weighted by molar-refractivity contribution is -0.123. The molecule has 2 amide bonds. The van der Waals surface area contributed by atoms with Crippen LogP contribution in [0.2, 0.25) is 0 Å². The summed E-state index contributed by atoms with van der Waals surface area (Å²) in [5, 5.41) is 2.67. The summed E-state index contributed by atoms with van der Waals surface area (Å²) in [6.07, 6.45) is 3.11. The fraction of sp³-hybridized carbons (Fsp3) is 0.300. The van der Waals surface area contributed by atoms with Crippen LogP contribution in [0.4, 0.5) is 0 Å². The van der Waals surface area contributed by atoms with E-state index in [1.54, 1.807) is 12.3 Å². The highest BCUT2D eigenvalue weighted by molar-refractivity contribution is 9.10. The summed E-state index contributed by atoms with van der Waals surface area (Å²) < 4.78 is 0.750. The van der Waals surface area contributed by atoms with Gasteiger partial charge in [-0.2, -0.15) is 0 Å². The summed E-state index contributed by atoms with van der Waals surface area (Å²) in [6.45, 7) is 1.16. The summed E-state index contributed by atoms with van der Waals surface area (Å²) in [5.74, 6) is -0.286. The average Bonchev–Trinajstić information content (AvgIpc) is 2.28. The fourth-order valence-corrected chi connectivity index (χ4v) is 1.89. The van der Waals surface area contributed by atoms with Gasteiger partial charge >= 0.3 is 0 Å². The minimum absolute atomic E-state index is 0.116. The SMILES string of the molecule is O=C1CN(C(=O)c2cncc(Br)c2)CCN1. The number of carbonyl (C=O) groups excluding carboxylic acids is 2. The lowest BCUT2D eigenvalue weighted by Crippen LogP contribution is -2.49. The molecule has 1 fully saturated rings. The van der Waals surface area contributed by atoms with E-state index in [2.05, 4.69) is 26.2 Å². The number of hydrogen-bond donors (Lipinski definition) is 1. The minimum Gasteiger partial charge on any atom is -0.353 e. The van der Waals surface area contributed by atoms with Crippen LogP contribution in [0.25, 0.3) is 0 Å². The maximum Gasteiger partial charge on any atom is 0.255 e. The van der Waals surface area contributed by atoms with Crippen LogP contribution in [0.3, 0.4) is 0 Å². The lowest BCUT2D eigenvalue weighted by atomic mass is 10.2. The zero-order valence-corrected chi connectivity index (χ0v) is 10.0. The van der Waals surface area contributed by atoms with Crippen LogP contribution >= 0.6 is 15.9 Å². The number of carbonyl (C=O) groups is 2. The molecule has 0 aliphatic carbocycles. The van der Waals surface area contributed by atoms with Crippen molar-refractivity contribution in [2.45, 2.75) is 0 Å². The number of hydrogen-bond acceptors (Lipinski definition) is 3. The van der Waals surface area contributed by atoms with Crippen molar-refractivity contribution in [1.29, 1.82) is 0 Å². The topological polar surface area (TPSA) is 62.3 Å². The first-order chi connectivity index (χ1) is 7.66. The van der Waals surface area contributed by atoms with E-state index < -0.39 is 0 Å². The molecule has 0 bridgehead atoms. The highest BCUT2D eigenvalue weighted by atomic mass is 79.9. The highest BCUT2D eigenvalue weighted by Gasteiger charge is 2.22. The van der Waals surface area contributed by atoms with Crippen molar-refractivity contribution < 1.29 is 9.59 Å². The van der Waals surface area contributed by atoms with Crippen LogP contribution in [-0.4, -0.2) is 41.3 Å². The summed E-state index contributed by atoms with van der Waals surface area (Å²) in [4.78, 5) is 28.6. The van der Waals surface area contributed by atoms with Gasteiger partial charge in [-0.1, -0.05) is 0 Å². The second-order valence-corrected chi connectivity index (χ2v) is 4.38. The molecular weight excluding hydrogens is 274 g/mol. The number of halogens is 1. The van der Waals surface area contributed by atoms with E-state index in [0.29, 0.717) is 18.7 Å². The molecule has 1 aliphatic rings. The van der Waals surface area contributed by atoms with E-state index in [9.17, 15) is 9.59 Å². The molecule has 0 atom stereocenters. The molecule has 1 aromatic heterocycles. The molecule has 1 aliphatic heterocycles. The third-order valence-electron chi connectivity index (χ3n) is 2.28. The molecule has 1 saturated heterocycles. The number of piperazine rings is 1. The van der Waals surface area contributed by atoms with Crippen molar-refractivity contribution in [3.05, 3.63) is 28.5 Å². The first-order valence-electron chi connectivity index (χ1n) is 4.83. The number of pyridine rings is 1. The van der Waals surface area contributed by atoms with Gasteiger partial charge in [-0.25, -0.2) is 0 Å². The molecule has 2 heterocycles. The van der Waals surface area contributed by atoms with Crippen molar-refractivity contribution in [2.75, 3.05) is 19.6 Å². The Morgan fingerprint density at radius 1 is 1.50 bits per heavy atom. The molecule has 16 heavy (non-hydrogen) atoms. The Balaban J connectivity index is 2.15. The van der Waals surface area contributed by atoms with Gasteiger partial charge in [0.05, 0.1) is 12.1 Å². The van der Waals surface area contributed by atoms with Crippen LogP contribution < -0.4 is 5.32 Å². The van der Waals surface area contributed by atoms with E-state index in [1.165, 1.54) is 11.1 Å². The molecule has 0 radical (unpaired) electrons. The molecule has 5 nitrogen and oxygen atoms in total. The van der Waals surface area contributed by atoms with Crippen LogP contribution in [0.15, 0.2) is 22.9 Å². The van der Waals surface area contributed by atoms with Gasteiger partial charge in [0.2, 0.25) is 5.91 Å². The summed E-state index contributed by atoms with van der Waals surface area (Å²) in [7, 11) is 0. The van der Waals surface area contributed by atoms with Crippen molar-refractivity contribution in [3.63, 3.8) is 0 Å². The van der Waals surface area contributed by atoms with Gasteiger partial charge in [0, 0.05) is 30.0 Å². The Morgan fingerprint density at radius 2 is 2.31 bits per heavy atom. The minimum atomic E-state index is -0.163. The van der Waals surface area contributed by atoms with Crippen molar-refractivity contribution in [3.8, 4) is 0 Å². The number of nitrogens with zero attached hydrogens (tertiary/aromatic N) is 2. The average molecular weight is 284 g/mol. The molecule has 0 saturated carbocycles. The number of amides is 2. The van der Waals surface area contributed by atoms with E-state index in [4.69, 9.17) is 0 Å². The van der Waals surface area contributed by atoms with Crippen LogP contribution in [0.1, 0.15) is 10.4 Å². The van der Waals surface area contributed by atoms with Gasteiger partial charge in [-0.3, -0.25) is 14.6 Å². The van der Waals surface area contributed by atoms with E-state index >= 15 is 0 Å². The van der Waals surface area contributed by atoms with Crippen LogP contribution in [0.5, 0.6) is 0 Å². The third kappa shape index (κ3) is 2.38. The molecular formula is C10H10BrN3O2. The molecule has 0 spiro atoms. The van der Waals surface area contributed by atoms with Crippen molar-refractivity contribution >= 4 is 27.7 Å². The van der Waals surface area contributed by atoms with Gasteiger partial charge in [0.1, 0.15) is 0 Å². The van der Waals surface area contributed by atoms with E-state index in [1.807, 2.05) is 0 Å². The van der Waals surface area contributed by atoms with Crippen molar-refractivity contribution in [1.82, 2.24) is 15.2 Å². The monoisotopic (exact) mass is 283 g/mol. The zero-order chi connectivity index (χ0) is 11.5. The first-order valence-corrected chi connectivity index (χ1v) is 5.62.